The zero-order valence-electron chi connectivity index (χ0n) is 13.9. The maximum absolute atomic E-state index is 5.76. The van der Waals surface area contributed by atoms with Crippen molar-refractivity contribution >= 4 is 0 Å². The van der Waals surface area contributed by atoms with E-state index in [0.717, 1.165) is 26.2 Å². The Balaban J connectivity index is 1.70. The number of unbranched alkanes of at least 4 members (excludes halogenated alkanes) is 9. The van der Waals surface area contributed by atoms with E-state index >= 15 is 0 Å². The van der Waals surface area contributed by atoms with Gasteiger partial charge in [0.15, 0.2) is 0 Å². The Morgan fingerprint density at radius 3 is 1.95 bits per heavy atom. The quantitative estimate of drug-likeness (QED) is 0.400. The van der Waals surface area contributed by atoms with Gasteiger partial charge in [-0.2, -0.15) is 0 Å². The van der Waals surface area contributed by atoms with E-state index < -0.39 is 0 Å². The van der Waals surface area contributed by atoms with Crippen molar-refractivity contribution in [3.63, 3.8) is 0 Å². The van der Waals surface area contributed by atoms with Crippen LogP contribution in [0.3, 0.4) is 0 Å². The fourth-order valence-corrected chi connectivity index (χ4v) is 2.90. The molecule has 1 saturated heterocycles. The van der Waals surface area contributed by atoms with Crippen LogP contribution in [0, 0.1) is 5.92 Å². The zero-order chi connectivity index (χ0) is 14.5. The molecule has 0 aromatic heterocycles. The minimum Gasteiger partial charge on any atom is -0.381 e. The average molecular weight is 284 g/mol. The van der Waals surface area contributed by atoms with Crippen LogP contribution in [0.2, 0.25) is 0 Å². The minimum atomic E-state index is 0.475. The summed E-state index contributed by atoms with van der Waals surface area (Å²) in [6, 6.07) is 0. The molecule has 120 valence electrons. The van der Waals surface area contributed by atoms with Gasteiger partial charge in [0.05, 0.1) is 19.3 Å². The number of hydrogen-bond acceptors (Lipinski definition) is 2. The van der Waals surface area contributed by atoms with Gasteiger partial charge in [0.1, 0.15) is 0 Å². The molecule has 0 aliphatic carbocycles. The molecule has 1 rings (SSSR count). The van der Waals surface area contributed by atoms with E-state index in [9.17, 15) is 0 Å². The molecule has 0 N–H and O–H groups in total. The summed E-state index contributed by atoms with van der Waals surface area (Å²) < 4.78 is 11.2. The van der Waals surface area contributed by atoms with Gasteiger partial charge in [0, 0.05) is 12.5 Å². The summed E-state index contributed by atoms with van der Waals surface area (Å²) in [5.41, 5.74) is 0. The number of ether oxygens (including phenoxy) is 2. The molecule has 0 spiro atoms. The highest BCUT2D eigenvalue weighted by Crippen LogP contribution is 2.23. The highest BCUT2D eigenvalue weighted by Gasteiger charge is 2.30. The smallest absolute Gasteiger partial charge is 0.0645 e. The van der Waals surface area contributed by atoms with Crippen molar-refractivity contribution < 1.29 is 9.47 Å². The van der Waals surface area contributed by atoms with Crippen LogP contribution in [0.4, 0.5) is 0 Å². The summed E-state index contributed by atoms with van der Waals surface area (Å²) in [5.74, 6) is 0.670. The lowest BCUT2D eigenvalue weighted by Gasteiger charge is -2.35. The van der Waals surface area contributed by atoms with Crippen LogP contribution in [0.5, 0.6) is 0 Å². The van der Waals surface area contributed by atoms with E-state index in [1.807, 2.05) is 0 Å². The Hall–Kier alpha value is -0.0800. The fraction of sp³-hybridized carbons (Fsp3) is 1.00. The van der Waals surface area contributed by atoms with Crippen molar-refractivity contribution in [2.24, 2.45) is 5.92 Å². The molecule has 0 amide bonds. The van der Waals surface area contributed by atoms with Crippen molar-refractivity contribution in [3.8, 4) is 0 Å². The van der Waals surface area contributed by atoms with Gasteiger partial charge < -0.3 is 9.47 Å². The monoisotopic (exact) mass is 284 g/mol. The Kier molecular flexibility index (Phi) is 11.4. The van der Waals surface area contributed by atoms with E-state index in [-0.39, 0.29) is 0 Å². The molecule has 0 bridgehead atoms. The molecule has 0 saturated carbocycles. The van der Waals surface area contributed by atoms with Crippen LogP contribution in [0.1, 0.15) is 84.5 Å². The minimum absolute atomic E-state index is 0.475. The molecule has 1 aliphatic heterocycles. The van der Waals surface area contributed by atoms with Crippen molar-refractivity contribution in [2.45, 2.75) is 90.6 Å². The van der Waals surface area contributed by atoms with Crippen LogP contribution < -0.4 is 0 Å². The van der Waals surface area contributed by atoms with Crippen LogP contribution >= 0.6 is 0 Å². The first-order valence-corrected chi connectivity index (χ1v) is 9.07. The summed E-state index contributed by atoms with van der Waals surface area (Å²) in [4.78, 5) is 0. The lowest BCUT2D eigenvalue weighted by atomic mass is 9.97. The van der Waals surface area contributed by atoms with Crippen molar-refractivity contribution in [1.29, 1.82) is 0 Å². The SMILES string of the molecule is CCCCCCCCCCCCOCC1COC1CC. The fourth-order valence-electron chi connectivity index (χ4n) is 2.90. The highest BCUT2D eigenvalue weighted by atomic mass is 16.5. The standard InChI is InChI=1S/C18H36O2/c1-3-5-6-7-8-9-10-11-12-13-14-19-15-17-16-20-18(17)4-2/h17-18H,3-16H2,1-2H3. The second kappa shape index (κ2) is 12.6. The summed E-state index contributed by atoms with van der Waals surface area (Å²) in [6.45, 7) is 7.25. The van der Waals surface area contributed by atoms with Crippen LogP contribution in [0.25, 0.3) is 0 Å². The maximum atomic E-state index is 5.76. The average Bonchev–Trinajstić information content (AvgIpc) is 2.43. The second-order valence-electron chi connectivity index (χ2n) is 6.30. The molecule has 2 unspecified atom stereocenters. The summed E-state index contributed by atoms with van der Waals surface area (Å²) >= 11 is 0. The molecule has 2 nitrogen and oxygen atoms in total. The highest BCUT2D eigenvalue weighted by molar-refractivity contribution is 4.76. The summed E-state index contributed by atoms with van der Waals surface area (Å²) in [7, 11) is 0. The first kappa shape index (κ1) is 18.0. The van der Waals surface area contributed by atoms with E-state index in [2.05, 4.69) is 13.8 Å². The Morgan fingerprint density at radius 1 is 0.850 bits per heavy atom. The van der Waals surface area contributed by atoms with Crippen LogP contribution in [-0.4, -0.2) is 25.9 Å². The Bertz CT molecular complexity index is 204. The second-order valence-corrected chi connectivity index (χ2v) is 6.30. The van der Waals surface area contributed by atoms with Gasteiger partial charge in [-0.25, -0.2) is 0 Å². The van der Waals surface area contributed by atoms with Gasteiger partial charge in [-0.1, -0.05) is 71.6 Å². The molecule has 2 atom stereocenters. The van der Waals surface area contributed by atoms with Gasteiger partial charge in [0.25, 0.3) is 0 Å². The lowest BCUT2D eigenvalue weighted by molar-refractivity contribution is -0.140. The molecule has 20 heavy (non-hydrogen) atoms. The predicted octanol–water partition coefficient (Wildman–Crippen LogP) is 5.35. The first-order valence-electron chi connectivity index (χ1n) is 9.07. The van der Waals surface area contributed by atoms with Crippen LogP contribution in [0.15, 0.2) is 0 Å². The molecular formula is C18H36O2. The van der Waals surface area contributed by atoms with Gasteiger partial charge >= 0.3 is 0 Å². The summed E-state index contributed by atoms with van der Waals surface area (Å²) in [6.07, 6.45) is 15.5. The first-order chi connectivity index (χ1) is 9.88. The van der Waals surface area contributed by atoms with E-state index in [4.69, 9.17) is 9.47 Å². The Morgan fingerprint density at radius 2 is 1.45 bits per heavy atom. The molecule has 0 aromatic carbocycles. The van der Waals surface area contributed by atoms with Crippen LogP contribution in [-0.2, 0) is 9.47 Å². The lowest BCUT2D eigenvalue weighted by Crippen LogP contribution is -2.42. The maximum Gasteiger partial charge on any atom is 0.0645 e. The topological polar surface area (TPSA) is 18.5 Å². The zero-order valence-corrected chi connectivity index (χ0v) is 13.9. The summed E-state index contributed by atoms with van der Waals surface area (Å²) in [5, 5.41) is 0. The van der Waals surface area contributed by atoms with Gasteiger partial charge in [0.2, 0.25) is 0 Å². The van der Waals surface area contributed by atoms with E-state index in [0.29, 0.717) is 12.0 Å². The molecule has 2 heteroatoms. The van der Waals surface area contributed by atoms with Crippen molar-refractivity contribution in [2.75, 3.05) is 19.8 Å². The van der Waals surface area contributed by atoms with E-state index in [1.165, 1.54) is 64.2 Å². The largest absolute Gasteiger partial charge is 0.381 e. The van der Waals surface area contributed by atoms with Crippen molar-refractivity contribution in [3.05, 3.63) is 0 Å². The molecular weight excluding hydrogens is 248 g/mol. The molecule has 0 radical (unpaired) electrons. The predicted molar refractivity (Wildman–Crippen MR) is 86.2 cm³/mol. The Labute approximate surface area is 126 Å². The van der Waals surface area contributed by atoms with E-state index in [1.54, 1.807) is 0 Å². The van der Waals surface area contributed by atoms with Gasteiger partial charge in [-0.3, -0.25) is 0 Å². The molecule has 0 aromatic rings. The normalized spacial score (nSPS) is 21.9. The van der Waals surface area contributed by atoms with Crippen molar-refractivity contribution in [1.82, 2.24) is 0 Å². The van der Waals surface area contributed by atoms with Gasteiger partial charge in [-0.05, 0) is 12.8 Å². The third kappa shape index (κ3) is 8.26. The third-order valence-electron chi connectivity index (χ3n) is 4.43. The van der Waals surface area contributed by atoms with Gasteiger partial charge in [-0.15, -0.1) is 0 Å². The molecule has 1 aliphatic rings. The number of hydrogen-bond donors (Lipinski definition) is 0. The number of rotatable bonds is 14. The molecule has 1 fully saturated rings. The molecule has 1 heterocycles. The third-order valence-corrected chi connectivity index (χ3v) is 4.43.